The van der Waals surface area contributed by atoms with Crippen molar-refractivity contribution in [2.45, 2.75) is 6.61 Å². The molecule has 1 aliphatic heterocycles. The third kappa shape index (κ3) is 4.71. The summed E-state index contributed by atoms with van der Waals surface area (Å²) in [5.74, 6) is 0.578. The Morgan fingerprint density at radius 3 is 2.71 bits per heavy atom. The van der Waals surface area contributed by atoms with Crippen LogP contribution >= 0.6 is 22.7 Å². The Morgan fingerprint density at radius 2 is 1.90 bits per heavy atom. The van der Waals surface area contributed by atoms with Crippen molar-refractivity contribution >= 4 is 48.9 Å². The summed E-state index contributed by atoms with van der Waals surface area (Å²) in [6.45, 7) is 3.66. The number of benzene rings is 2. The maximum atomic E-state index is 12.8. The number of thiazole rings is 1. The van der Waals surface area contributed by atoms with Gasteiger partial charge in [-0.1, -0.05) is 47.7 Å². The molecular formula is C23H21N3O3S2. The summed E-state index contributed by atoms with van der Waals surface area (Å²) in [5, 5.41) is 3.97. The molecule has 1 fully saturated rings. The van der Waals surface area contributed by atoms with Crippen LogP contribution in [0.25, 0.3) is 9.53 Å². The molecule has 0 spiro atoms. The van der Waals surface area contributed by atoms with E-state index in [0.29, 0.717) is 22.9 Å². The first kappa shape index (κ1) is 20.0. The fourth-order valence-corrected chi connectivity index (χ4v) is 5.48. The SMILES string of the molecule is O=C(Nc1cccc(OCc2ccccc2)c1)c1cc2sc(N3CCOCC3)nc2s1. The number of ether oxygens (including phenoxy) is 2. The highest BCUT2D eigenvalue weighted by Gasteiger charge is 2.19. The van der Waals surface area contributed by atoms with Crippen molar-refractivity contribution in [3.8, 4) is 5.75 Å². The van der Waals surface area contributed by atoms with Crippen molar-refractivity contribution in [3.05, 3.63) is 71.1 Å². The molecule has 1 saturated heterocycles. The van der Waals surface area contributed by atoms with E-state index in [1.807, 2.05) is 60.7 Å². The molecule has 0 bridgehead atoms. The molecule has 2 aromatic heterocycles. The first-order valence-electron chi connectivity index (χ1n) is 10.1. The lowest BCUT2D eigenvalue weighted by Gasteiger charge is -2.25. The monoisotopic (exact) mass is 451 g/mol. The second kappa shape index (κ2) is 9.05. The predicted octanol–water partition coefficient (Wildman–Crippen LogP) is 5.03. The second-order valence-corrected chi connectivity index (χ2v) is 9.17. The Hall–Kier alpha value is -2.94. The van der Waals surface area contributed by atoms with Gasteiger partial charge in [-0.25, -0.2) is 4.98 Å². The highest BCUT2D eigenvalue weighted by atomic mass is 32.1. The van der Waals surface area contributed by atoms with Gasteiger partial charge in [0.25, 0.3) is 5.91 Å². The van der Waals surface area contributed by atoms with E-state index in [-0.39, 0.29) is 5.91 Å². The molecule has 5 rings (SSSR count). The summed E-state index contributed by atoms with van der Waals surface area (Å²) < 4.78 is 12.3. The van der Waals surface area contributed by atoms with Crippen LogP contribution < -0.4 is 15.0 Å². The Balaban J connectivity index is 1.24. The van der Waals surface area contributed by atoms with Gasteiger partial charge in [0.05, 0.1) is 22.8 Å². The molecule has 1 aliphatic rings. The quantitative estimate of drug-likeness (QED) is 0.446. The molecule has 0 unspecified atom stereocenters. The van der Waals surface area contributed by atoms with Gasteiger partial charge in [0.2, 0.25) is 0 Å². The fourth-order valence-electron chi connectivity index (χ4n) is 3.32. The average Bonchev–Trinajstić information content (AvgIpc) is 3.39. The molecule has 0 aliphatic carbocycles. The van der Waals surface area contributed by atoms with Gasteiger partial charge in [-0.3, -0.25) is 4.79 Å². The number of morpholine rings is 1. The highest BCUT2D eigenvalue weighted by Crippen LogP contribution is 2.35. The first-order chi connectivity index (χ1) is 15.2. The molecule has 3 heterocycles. The molecular weight excluding hydrogens is 430 g/mol. The Morgan fingerprint density at radius 1 is 1.06 bits per heavy atom. The minimum Gasteiger partial charge on any atom is -0.489 e. The number of hydrogen-bond donors (Lipinski definition) is 1. The number of anilines is 2. The zero-order valence-corrected chi connectivity index (χ0v) is 18.4. The van der Waals surface area contributed by atoms with Crippen LogP contribution in [0, 0.1) is 0 Å². The number of carbonyl (C=O) groups excluding carboxylic acids is 1. The van der Waals surface area contributed by atoms with Crippen LogP contribution in [0.2, 0.25) is 0 Å². The lowest BCUT2D eigenvalue weighted by atomic mass is 10.2. The van der Waals surface area contributed by atoms with Crippen molar-refractivity contribution in [2.75, 3.05) is 36.5 Å². The van der Waals surface area contributed by atoms with Crippen LogP contribution in [0.3, 0.4) is 0 Å². The molecule has 158 valence electrons. The van der Waals surface area contributed by atoms with Gasteiger partial charge in [0, 0.05) is 24.8 Å². The summed E-state index contributed by atoms with van der Waals surface area (Å²) in [6.07, 6.45) is 0. The minimum atomic E-state index is -0.136. The van der Waals surface area contributed by atoms with Gasteiger partial charge in [-0.05, 0) is 23.8 Å². The van der Waals surface area contributed by atoms with Crippen LogP contribution in [-0.2, 0) is 11.3 Å². The number of thiophene rings is 1. The smallest absolute Gasteiger partial charge is 0.265 e. The summed E-state index contributed by atoms with van der Waals surface area (Å²) in [6, 6.07) is 19.4. The van der Waals surface area contributed by atoms with E-state index in [2.05, 4.69) is 10.2 Å². The van der Waals surface area contributed by atoms with Crippen LogP contribution in [0.5, 0.6) is 5.75 Å². The van der Waals surface area contributed by atoms with Crippen molar-refractivity contribution in [1.29, 1.82) is 0 Å². The number of amides is 1. The lowest BCUT2D eigenvalue weighted by Crippen LogP contribution is -2.36. The summed E-state index contributed by atoms with van der Waals surface area (Å²) in [7, 11) is 0. The van der Waals surface area contributed by atoms with E-state index in [1.165, 1.54) is 11.3 Å². The van der Waals surface area contributed by atoms with Crippen LogP contribution in [0.4, 0.5) is 10.8 Å². The molecule has 4 aromatic rings. The number of nitrogens with one attached hydrogen (secondary N) is 1. The molecule has 1 amide bonds. The van der Waals surface area contributed by atoms with Crippen molar-refractivity contribution < 1.29 is 14.3 Å². The predicted molar refractivity (Wildman–Crippen MR) is 126 cm³/mol. The third-order valence-electron chi connectivity index (χ3n) is 4.92. The van der Waals surface area contributed by atoms with Gasteiger partial charge in [0.1, 0.15) is 17.2 Å². The zero-order valence-electron chi connectivity index (χ0n) is 16.7. The summed E-state index contributed by atoms with van der Waals surface area (Å²) in [4.78, 5) is 21.3. The van der Waals surface area contributed by atoms with Crippen molar-refractivity contribution in [2.24, 2.45) is 0 Å². The molecule has 0 atom stereocenters. The Bertz CT molecular complexity index is 1150. The van der Waals surface area contributed by atoms with Crippen molar-refractivity contribution in [1.82, 2.24) is 4.98 Å². The molecule has 2 aromatic carbocycles. The van der Waals surface area contributed by atoms with Crippen LogP contribution in [0.1, 0.15) is 15.2 Å². The third-order valence-corrected chi connectivity index (χ3v) is 7.14. The second-order valence-electron chi connectivity index (χ2n) is 7.13. The number of hydrogen-bond acceptors (Lipinski definition) is 7. The average molecular weight is 452 g/mol. The Kier molecular flexibility index (Phi) is 5.84. The lowest BCUT2D eigenvalue weighted by molar-refractivity contribution is 0.103. The number of nitrogens with zero attached hydrogens (tertiary/aromatic N) is 2. The number of fused-ring (bicyclic) bond motifs is 1. The molecule has 0 saturated carbocycles. The Labute approximate surface area is 188 Å². The van der Waals surface area contributed by atoms with Gasteiger partial charge < -0.3 is 19.7 Å². The summed E-state index contributed by atoms with van der Waals surface area (Å²) >= 11 is 3.04. The maximum Gasteiger partial charge on any atom is 0.265 e. The molecule has 6 nitrogen and oxygen atoms in total. The van der Waals surface area contributed by atoms with E-state index in [9.17, 15) is 4.79 Å². The normalized spacial score (nSPS) is 14.0. The van der Waals surface area contributed by atoms with Gasteiger partial charge in [0.15, 0.2) is 5.13 Å². The maximum absolute atomic E-state index is 12.8. The first-order valence-corrected chi connectivity index (χ1v) is 11.7. The van der Waals surface area contributed by atoms with Gasteiger partial charge in [-0.2, -0.15) is 0 Å². The van der Waals surface area contributed by atoms with Crippen molar-refractivity contribution in [3.63, 3.8) is 0 Å². The number of aromatic nitrogens is 1. The van der Waals surface area contributed by atoms with E-state index in [4.69, 9.17) is 14.5 Å². The standard InChI is InChI=1S/C23H21N3O3S2/c27-21(19-14-20-22(30-19)25-23(31-20)26-9-11-28-12-10-26)24-17-7-4-8-18(13-17)29-15-16-5-2-1-3-6-16/h1-8,13-14H,9-12,15H2,(H,24,27). The largest absolute Gasteiger partial charge is 0.489 e. The van der Waals surface area contributed by atoms with Crippen LogP contribution in [0.15, 0.2) is 60.7 Å². The fraction of sp³-hybridized carbons (Fsp3) is 0.217. The molecule has 1 N–H and O–H groups in total. The van der Waals surface area contributed by atoms with Crippen LogP contribution in [-0.4, -0.2) is 37.2 Å². The number of rotatable bonds is 6. The molecule has 31 heavy (non-hydrogen) atoms. The molecule has 8 heteroatoms. The van der Waals surface area contributed by atoms with E-state index < -0.39 is 0 Å². The highest BCUT2D eigenvalue weighted by molar-refractivity contribution is 7.29. The summed E-state index contributed by atoms with van der Waals surface area (Å²) in [5.41, 5.74) is 1.80. The molecule has 0 radical (unpaired) electrons. The number of carbonyl (C=O) groups is 1. The van der Waals surface area contributed by atoms with Gasteiger partial charge >= 0.3 is 0 Å². The zero-order chi connectivity index (χ0) is 21.0. The minimum absolute atomic E-state index is 0.136. The van der Waals surface area contributed by atoms with E-state index in [1.54, 1.807) is 11.3 Å². The van der Waals surface area contributed by atoms with Gasteiger partial charge in [-0.15, -0.1) is 11.3 Å². The van der Waals surface area contributed by atoms with E-state index >= 15 is 0 Å². The van der Waals surface area contributed by atoms with E-state index in [0.717, 1.165) is 46.5 Å². The topological polar surface area (TPSA) is 63.7 Å².